The molecule has 1 unspecified atom stereocenters. The molecule has 0 saturated carbocycles. The summed E-state index contributed by atoms with van der Waals surface area (Å²) in [5.74, 6) is 0.896. The Kier molecular flexibility index (Phi) is 4.34. The highest BCUT2D eigenvalue weighted by Gasteiger charge is 2.44. The minimum Gasteiger partial charge on any atom is -0.550 e. The zero-order chi connectivity index (χ0) is 15.7. The first kappa shape index (κ1) is 15.6. The molecule has 2 aromatic rings. The SMILES string of the molecule is COc1ccc([C@H]2C(C)=C(C)C[P+]2([S-])c2ccccc2)cc1. The molecule has 0 radical (unpaired) electrons. The molecule has 0 fully saturated rings. The molecule has 1 aliphatic heterocycles. The molecule has 3 rings (SSSR count). The predicted molar refractivity (Wildman–Crippen MR) is 99.3 cm³/mol. The predicted octanol–water partition coefficient (Wildman–Crippen LogP) is 4.89. The molecule has 1 nitrogen and oxygen atoms in total. The molecule has 0 bridgehead atoms. The standard InChI is InChI=1S/C19H21OPS/c1-14-13-21(22,18-7-5-4-6-8-18)19(15(14)2)16-9-11-17(20-3)12-10-16/h4-12,19H,13H2,1-3H3/t19-,21?/m1/s1. The van der Waals surface area contributed by atoms with Crippen molar-refractivity contribution in [1.29, 1.82) is 0 Å². The van der Waals surface area contributed by atoms with Gasteiger partial charge in [-0.15, -0.1) is 0 Å². The van der Waals surface area contributed by atoms with Crippen LogP contribution in [0.1, 0.15) is 25.1 Å². The van der Waals surface area contributed by atoms with E-state index >= 15 is 0 Å². The Morgan fingerprint density at radius 2 is 1.64 bits per heavy atom. The van der Waals surface area contributed by atoms with Gasteiger partial charge in [0.25, 0.3) is 0 Å². The molecule has 2 atom stereocenters. The van der Waals surface area contributed by atoms with E-state index in [1.54, 1.807) is 7.11 Å². The van der Waals surface area contributed by atoms with E-state index in [1.807, 2.05) is 12.1 Å². The summed E-state index contributed by atoms with van der Waals surface area (Å²) in [5.41, 5.74) is 4.60. The van der Waals surface area contributed by atoms with Crippen LogP contribution in [0.2, 0.25) is 0 Å². The van der Waals surface area contributed by atoms with Crippen LogP contribution in [0.3, 0.4) is 0 Å². The normalized spacial score (nSPS) is 24.6. The van der Waals surface area contributed by atoms with Gasteiger partial charge in [-0.25, -0.2) is 0 Å². The smallest absolute Gasteiger partial charge is 0.118 e. The second-order valence-electron chi connectivity index (χ2n) is 5.93. The Bertz CT molecular complexity index is 693. The lowest BCUT2D eigenvalue weighted by Crippen LogP contribution is -2.15. The number of ether oxygens (including phenoxy) is 1. The van der Waals surface area contributed by atoms with Gasteiger partial charge in [-0.2, -0.15) is 0 Å². The van der Waals surface area contributed by atoms with Crippen LogP contribution in [-0.2, 0) is 12.2 Å². The molecular formula is C19H21OPS. The summed E-state index contributed by atoms with van der Waals surface area (Å²) in [7, 11) is 1.70. The zero-order valence-corrected chi connectivity index (χ0v) is 15.0. The third-order valence-electron chi connectivity index (χ3n) is 4.60. The topological polar surface area (TPSA) is 9.23 Å². The highest BCUT2D eigenvalue weighted by Crippen LogP contribution is 2.74. The summed E-state index contributed by atoms with van der Waals surface area (Å²) in [4.78, 5) is 0. The minimum atomic E-state index is -1.67. The lowest BCUT2D eigenvalue weighted by Gasteiger charge is -2.36. The molecule has 0 spiro atoms. The first-order valence-corrected chi connectivity index (χ1v) is 10.6. The molecule has 114 valence electrons. The lowest BCUT2D eigenvalue weighted by molar-refractivity contribution is 0.414. The van der Waals surface area contributed by atoms with Crippen molar-refractivity contribution >= 4 is 24.0 Å². The van der Waals surface area contributed by atoms with Gasteiger partial charge in [-0.3, -0.25) is 0 Å². The van der Waals surface area contributed by atoms with Gasteiger partial charge in [-0.1, -0.05) is 36.8 Å². The van der Waals surface area contributed by atoms with Crippen LogP contribution >= 0.6 is 6.46 Å². The van der Waals surface area contributed by atoms with Crippen LogP contribution in [0.4, 0.5) is 0 Å². The molecule has 0 N–H and O–H groups in total. The Morgan fingerprint density at radius 1 is 1.00 bits per heavy atom. The van der Waals surface area contributed by atoms with Gasteiger partial charge < -0.3 is 17.0 Å². The zero-order valence-electron chi connectivity index (χ0n) is 13.2. The first-order chi connectivity index (χ1) is 10.6. The molecule has 0 saturated heterocycles. The fraction of sp³-hybridized carbons (Fsp3) is 0.263. The fourth-order valence-corrected chi connectivity index (χ4v) is 8.89. The van der Waals surface area contributed by atoms with Crippen LogP contribution in [0.15, 0.2) is 65.7 Å². The first-order valence-electron chi connectivity index (χ1n) is 7.51. The van der Waals surface area contributed by atoms with Gasteiger partial charge >= 0.3 is 0 Å². The summed E-state index contributed by atoms with van der Waals surface area (Å²) in [6.07, 6.45) is 1.05. The maximum Gasteiger partial charge on any atom is 0.118 e. The Balaban J connectivity index is 2.08. The van der Waals surface area contributed by atoms with Crippen LogP contribution < -0.4 is 10.0 Å². The van der Waals surface area contributed by atoms with E-state index in [4.69, 9.17) is 17.0 Å². The number of hydrogen-bond donors (Lipinski definition) is 0. The fourth-order valence-electron chi connectivity index (χ4n) is 3.31. The highest BCUT2D eigenvalue weighted by atomic mass is 32.7. The van der Waals surface area contributed by atoms with Gasteiger partial charge in [0, 0.05) is 0 Å². The second-order valence-corrected chi connectivity index (χ2v) is 10.8. The van der Waals surface area contributed by atoms with E-state index in [2.05, 4.69) is 56.3 Å². The number of methoxy groups -OCH3 is 1. The summed E-state index contributed by atoms with van der Waals surface area (Å²) >= 11 is 6.29. The number of benzene rings is 2. The van der Waals surface area contributed by atoms with E-state index in [9.17, 15) is 0 Å². The van der Waals surface area contributed by atoms with Crippen molar-refractivity contribution in [3.8, 4) is 5.75 Å². The Morgan fingerprint density at radius 3 is 2.23 bits per heavy atom. The van der Waals surface area contributed by atoms with Crippen LogP contribution in [0.25, 0.3) is 0 Å². The molecule has 0 aromatic heterocycles. The molecule has 2 aromatic carbocycles. The highest BCUT2D eigenvalue weighted by molar-refractivity contribution is 8.45. The van der Waals surface area contributed by atoms with Crippen molar-refractivity contribution in [2.75, 3.05) is 13.3 Å². The van der Waals surface area contributed by atoms with E-state index in [0.29, 0.717) is 5.66 Å². The van der Waals surface area contributed by atoms with Crippen molar-refractivity contribution in [2.45, 2.75) is 19.5 Å². The maximum absolute atomic E-state index is 6.29. The van der Waals surface area contributed by atoms with Crippen LogP contribution in [0.5, 0.6) is 5.75 Å². The van der Waals surface area contributed by atoms with Crippen molar-refractivity contribution in [2.24, 2.45) is 0 Å². The number of hydrogen-bond acceptors (Lipinski definition) is 2. The van der Waals surface area contributed by atoms with Crippen molar-refractivity contribution in [1.82, 2.24) is 0 Å². The Labute approximate surface area is 138 Å². The van der Waals surface area contributed by atoms with Gasteiger partial charge in [0.1, 0.15) is 11.4 Å². The lowest BCUT2D eigenvalue weighted by atomic mass is 10.0. The number of allylic oxidation sites excluding steroid dienone is 2. The average Bonchev–Trinajstić information content (AvgIpc) is 2.79. The molecule has 0 amide bonds. The van der Waals surface area contributed by atoms with Gasteiger partial charge in [-0.05, 0) is 54.8 Å². The second kappa shape index (κ2) is 6.10. The van der Waals surface area contributed by atoms with Gasteiger partial charge in [0.05, 0.1) is 18.6 Å². The van der Waals surface area contributed by atoms with Crippen molar-refractivity contribution in [3.63, 3.8) is 0 Å². The summed E-state index contributed by atoms with van der Waals surface area (Å²) < 4.78 is 5.29. The molecule has 22 heavy (non-hydrogen) atoms. The quantitative estimate of drug-likeness (QED) is 0.451. The largest absolute Gasteiger partial charge is 0.550 e. The molecule has 1 heterocycles. The molecule has 3 heteroatoms. The van der Waals surface area contributed by atoms with E-state index in [1.165, 1.54) is 22.0 Å². The Hall–Kier alpha value is -1.24. The third kappa shape index (κ3) is 2.59. The van der Waals surface area contributed by atoms with Crippen molar-refractivity contribution < 1.29 is 4.74 Å². The van der Waals surface area contributed by atoms with Gasteiger partial charge in [0.15, 0.2) is 0 Å². The van der Waals surface area contributed by atoms with Crippen molar-refractivity contribution in [3.05, 3.63) is 71.3 Å². The molecule has 0 aliphatic carbocycles. The summed E-state index contributed by atoms with van der Waals surface area (Å²) in [5, 5.41) is 1.35. The minimum absolute atomic E-state index is 0.357. The maximum atomic E-state index is 6.29. The molecule has 1 aliphatic rings. The third-order valence-corrected chi connectivity index (χ3v) is 9.89. The monoisotopic (exact) mass is 328 g/mol. The van der Waals surface area contributed by atoms with Crippen LogP contribution in [0, 0.1) is 0 Å². The summed E-state index contributed by atoms with van der Waals surface area (Å²) in [6.45, 7) is 2.82. The van der Waals surface area contributed by atoms with E-state index in [-0.39, 0.29) is 0 Å². The van der Waals surface area contributed by atoms with E-state index in [0.717, 1.165) is 11.9 Å². The van der Waals surface area contributed by atoms with Gasteiger partial charge in [0.2, 0.25) is 0 Å². The average molecular weight is 328 g/mol. The van der Waals surface area contributed by atoms with Crippen LogP contribution in [-0.4, -0.2) is 13.3 Å². The molecular weight excluding hydrogens is 307 g/mol. The van der Waals surface area contributed by atoms with E-state index < -0.39 is 6.46 Å². The summed E-state index contributed by atoms with van der Waals surface area (Å²) in [6, 6.07) is 19.1. The number of rotatable bonds is 3.